The Labute approximate surface area is 166 Å². The van der Waals surface area contributed by atoms with E-state index in [4.69, 9.17) is 9.47 Å². The molecule has 2 amide bonds. The van der Waals surface area contributed by atoms with E-state index in [1.54, 1.807) is 48.5 Å². The summed E-state index contributed by atoms with van der Waals surface area (Å²) in [4.78, 5) is 24.6. The molecular formula is C20H21BrN2O4. The van der Waals surface area contributed by atoms with E-state index in [0.717, 1.165) is 6.42 Å². The third kappa shape index (κ3) is 5.86. The molecule has 2 rings (SSSR count). The molecule has 0 saturated heterocycles. The summed E-state index contributed by atoms with van der Waals surface area (Å²) in [5.74, 6) is 0.135. The van der Waals surface area contributed by atoms with Crippen LogP contribution in [0.3, 0.4) is 0 Å². The predicted octanol–water partition coefficient (Wildman–Crippen LogP) is 3.88. The quantitative estimate of drug-likeness (QED) is 0.490. The van der Waals surface area contributed by atoms with Crippen molar-refractivity contribution in [2.75, 3.05) is 13.2 Å². The maximum atomic E-state index is 12.3. The van der Waals surface area contributed by atoms with Gasteiger partial charge in [0.2, 0.25) is 0 Å². The van der Waals surface area contributed by atoms with E-state index in [2.05, 4.69) is 33.4 Å². The van der Waals surface area contributed by atoms with Gasteiger partial charge >= 0.3 is 0 Å². The molecule has 27 heavy (non-hydrogen) atoms. The molecule has 0 aromatic heterocycles. The summed E-state index contributed by atoms with van der Waals surface area (Å²) in [5.41, 5.74) is 5.47. The van der Waals surface area contributed by atoms with Crippen LogP contribution in [0.2, 0.25) is 0 Å². The van der Waals surface area contributed by atoms with Gasteiger partial charge in [0.25, 0.3) is 11.8 Å². The lowest BCUT2D eigenvalue weighted by molar-refractivity contribution is 0.0844. The number of ether oxygens (including phenoxy) is 2. The molecule has 0 aliphatic carbocycles. The monoisotopic (exact) mass is 432 g/mol. The maximum Gasteiger partial charge on any atom is 0.273 e. The number of nitrogens with one attached hydrogen (secondary N) is 2. The Morgan fingerprint density at radius 2 is 1.81 bits per heavy atom. The molecule has 2 aromatic rings. The first kappa shape index (κ1) is 20.5. The van der Waals surface area contributed by atoms with Gasteiger partial charge in [-0.15, -0.1) is 0 Å². The number of halogens is 1. The van der Waals surface area contributed by atoms with Gasteiger partial charge in [0.1, 0.15) is 18.1 Å². The zero-order chi connectivity index (χ0) is 19.6. The summed E-state index contributed by atoms with van der Waals surface area (Å²) < 4.78 is 11.7. The normalized spacial score (nSPS) is 10.0. The van der Waals surface area contributed by atoms with E-state index in [1.807, 2.05) is 6.92 Å². The minimum atomic E-state index is -0.482. The molecule has 6 nitrogen and oxygen atoms in total. The Balaban J connectivity index is 2.00. The van der Waals surface area contributed by atoms with E-state index in [1.165, 1.54) is 0 Å². The number of carbonyl (C=O) groups excluding carboxylic acids is 2. The molecule has 0 radical (unpaired) electrons. The molecule has 0 atom stereocenters. The third-order valence-corrected chi connectivity index (χ3v) is 4.05. The molecule has 0 aliphatic rings. The second kappa shape index (κ2) is 10.4. The van der Waals surface area contributed by atoms with Crippen molar-refractivity contribution in [3.63, 3.8) is 0 Å². The standard InChI is InChI=1S/C20H21BrN2O4/c1-3-11-26-17-8-6-5-7-15(17)20(25)23-22-19(24)14-9-10-18(16(21)13-14)27-12-4-2/h3,5-10,13H,1,4,11-12H2,2H3,(H,22,24)(H,23,25). The van der Waals surface area contributed by atoms with Crippen molar-refractivity contribution in [1.82, 2.24) is 10.9 Å². The molecular weight excluding hydrogens is 412 g/mol. The average molecular weight is 433 g/mol. The van der Waals surface area contributed by atoms with Gasteiger partial charge in [-0.25, -0.2) is 0 Å². The number of benzene rings is 2. The number of para-hydroxylation sites is 1. The summed E-state index contributed by atoms with van der Waals surface area (Å²) in [5, 5.41) is 0. The second-order valence-electron chi connectivity index (χ2n) is 5.50. The van der Waals surface area contributed by atoms with Crippen LogP contribution in [-0.4, -0.2) is 25.0 Å². The maximum absolute atomic E-state index is 12.3. The molecule has 0 unspecified atom stereocenters. The Morgan fingerprint density at radius 3 is 2.52 bits per heavy atom. The van der Waals surface area contributed by atoms with Crippen LogP contribution in [0.5, 0.6) is 11.5 Å². The van der Waals surface area contributed by atoms with Gasteiger partial charge < -0.3 is 9.47 Å². The Bertz CT molecular complexity index is 823. The molecule has 0 saturated carbocycles. The van der Waals surface area contributed by atoms with E-state index in [9.17, 15) is 9.59 Å². The number of hydrazine groups is 1. The van der Waals surface area contributed by atoms with Crippen LogP contribution < -0.4 is 20.3 Å². The van der Waals surface area contributed by atoms with Crippen molar-refractivity contribution in [3.8, 4) is 11.5 Å². The highest BCUT2D eigenvalue weighted by Crippen LogP contribution is 2.26. The first-order valence-corrected chi connectivity index (χ1v) is 9.21. The van der Waals surface area contributed by atoms with Crippen LogP contribution in [0.25, 0.3) is 0 Å². The summed E-state index contributed by atoms with van der Waals surface area (Å²) >= 11 is 3.38. The van der Waals surface area contributed by atoms with Gasteiger partial charge in [-0.2, -0.15) is 0 Å². The minimum absolute atomic E-state index is 0.275. The fraction of sp³-hybridized carbons (Fsp3) is 0.200. The predicted molar refractivity (Wildman–Crippen MR) is 107 cm³/mol. The van der Waals surface area contributed by atoms with Crippen LogP contribution in [0.4, 0.5) is 0 Å². The third-order valence-electron chi connectivity index (χ3n) is 3.43. The molecule has 0 spiro atoms. The van der Waals surface area contributed by atoms with Gasteiger partial charge in [0.05, 0.1) is 16.6 Å². The van der Waals surface area contributed by atoms with Gasteiger partial charge in [0, 0.05) is 5.56 Å². The number of amides is 2. The van der Waals surface area contributed by atoms with E-state index in [0.29, 0.717) is 33.7 Å². The number of rotatable bonds is 8. The lowest BCUT2D eigenvalue weighted by Crippen LogP contribution is -2.41. The van der Waals surface area contributed by atoms with E-state index in [-0.39, 0.29) is 6.61 Å². The van der Waals surface area contributed by atoms with E-state index < -0.39 is 11.8 Å². The molecule has 0 bridgehead atoms. The molecule has 142 valence electrons. The topological polar surface area (TPSA) is 76.7 Å². The average Bonchev–Trinajstić information content (AvgIpc) is 2.69. The van der Waals surface area contributed by atoms with Crippen LogP contribution in [-0.2, 0) is 0 Å². The largest absolute Gasteiger partial charge is 0.492 e. The summed E-state index contributed by atoms with van der Waals surface area (Å²) in [6, 6.07) is 11.7. The highest BCUT2D eigenvalue weighted by molar-refractivity contribution is 9.10. The van der Waals surface area contributed by atoms with Crippen molar-refractivity contribution in [2.45, 2.75) is 13.3 Å². The molecule has 7 heteroatoms. The fourth-order valence-electron chi connectivity index (χ4n) is 2.15. The van der Waals surface area contributed by atoms with Gasteiger partial charge in [0.15, 0.2) is 0 Å². The molecule has 2 aromatic carbocycles. The summed E-state index contributed by atoms with van der Waals surface area (Å²) in [6.45, 7) is 6.46. The van der Waals surface area contributed by atoms with Gasteiger partial charge in [-0.1, -0.05) is 31.7 Å². The van der Waals surface area contributed by atoms with Crippen molar-refractivity contribution in [1.29, 1.82) is 0 Å². The van der Waals surface area contributed by atoms with Crippen molar-refractivity contribution >= 4 is 27.7 Å². The molecule has 0 heterocycles. The van der Waals surface area contributed by atoms with Gasteiger partial charge in [-0.05, 0) is 52.7 Å². The van der Waals surface area contributed by atoms with Crippen molar-refractivity contribution < 1.29 is 19.1 Å². The molecule has 0 aliphatic heterocycles. The van der Waals surface area contributed by atoms with Crippen LogP contribution in [0, 0.1) is 0 Å². The van der Waals surface area contributed by atoms with E-state index >= 15 is 0 Å². The van der Waals surface area contributed by atoms with Gasteiger partial charge in [-0.3, -0.25) is 20.4 Å². The summed E-state index contributed by atoms with van der Waals surface area (Å²) in [6.07, 6.45) is 2.47. The minimum Gasteiger partial charge on any atom is -0.492 e. The zero-order valence-electron chi connectivity index (χ0n) is 15.0. The summed E-state index contributed by atoms with van der Waals surface area (Å²) in [7, 11) is 0. The molecule has 0 fully saturated rings. The second-order valence-corrected chi connectivity index (χ2v) is 6.35. The van der Waals surface area contributed by atoms with Crippen LogP contribution >= 0.6 is 15.9 Å². The van der Waals surface area contributed by atoms with Crippen LogP contribution in [0.1, 0.15) is 34.1 Å². The number of hydrogen-bond donors (Lipinski definition) is 2. The Kier molecular flexibility index (Phi) is 7.88. The smallest absolute Gasteiger partial charge is 0.273 e. The zero-order valence-corrected chi connectivity index (χ0v) is 16.5. The first-order valence-electron chi connectivity index (χ1n) is 8.42. The van der Waals surface area contributed by atoms with Crippen LogP contribution in [0.15, 0.2) is 59.6 Å². The lowest BCUT2D eigenvalue weighted by Gasteiger charge is -2.12. The Morgan fingerprint density at radius 1 is 1.07 bits per heavy atom. The number of hydrogen-bond acceptors (Lipinski definition) is 4. The highest BCUT2D eigenvalue weighted by Gasteiger charge is 2.14. The number of carbonyl (C=O) groups is 2. The fourth-order valence-corrected chi connectivity index (χ4v) is 2.65. The first-order chi connectivity index (χ1) is 13.1. The van der Waals surface area contributed by atoms with Crippen molar-refractivity contribution in [2.24, 2.45) is 0 Å². The molecule has 2 N–H and O–H groups in total. The van der Waals surface area contributed by atoms with Crippen molar-refractivity contribution in [3.05, 3.63) is 70.7 Å². The Hall–Kier alpha value is -2.80. The lowest BCUT2D eigenvalue weighted by atomic mass is 10.2. The highest BCUT2D eigenvalue weighted by atomic mass is 79.9. The SMILES string of the molecule is C=CCOc1ccccc1C(=O)NNC(=O)c1ccc(OCCC)c(Br)c1.